The van der Waals surface area contributed by atoms with Gasteiger partial charge < -0.3 is 5.32 Å². The van der Waals surface area contributed by atoms with E-state index in [1.54, 1.807) is 11.3 Å². The monoisotopic (exact) mass is 337 g/mol. The first kappa shape index (κ1) is 14.8. The molecule has 0 saturated heterocycles. The van der Waals surface area contributed by atoms with Crippen molar-refractivity contribution in [3.05, 3.63) is 56.2 Å². The minimum absolute atomic E-state index is 0.432. The lowest BCUT2D eigenvalue weighted by Gasteiger charge is -2.19. The highest BCUT2D eigenvalue weighted by Crippen LogP contribution is 2.24. The van der Waals surface area contributed by atoms with Crippen LogP contribution in [0.25, 0.3) is 0 Å². The molecule has 102 valence electrons. The Kier molecular flexibility index (Phi) is 5.61. The second kappa shape index (κ2) is 7.22. The van der Waals surface area contributed by atoms with E-state index in [1.807, 2.05) is 0 Å². The summed E-state index contributed by atoms with van der Waals surface area (Å²) in [6.45, 7) is 5.32. The van der Waals surface area contributed by atoms with Gasteiger partial charge >= 0.3 is 0 Å². The van der Waals surface area contributed by atoms with Gasteiger partial charge in [-0.15, -0.1) is 0 Å². The molecule has 0 aliphatic heterocycles. The van der Waals surface area contributed by atoms with Crippen LogP contribution < -0.4 is 5.32 Å². The van der Waals surface area contributed by atoms with Crippen LogP contribution in [0.2, 0.25) is 0 Å². The summed E-state index contributed by atoms with van der Waals surface area (Å²) >= 11 is 5.37. The molecule has 3 heteroatoms. The van der Waals surface area contributed by atoms with Crippen molar-refractivity contribution < 1.29 is 0 Å². The van der Waals surface area contributed by atoms with E-state index < -0.39 is 0 Å². The third-order valence-electron chi connectivity index (χ3n) is 3.22. The lowest BCUT2D eigenvalue weighted by Crippen LogP contribution is -2.21. The summed E-state index contributed by atoms with van der Waals surface area (Å²) in [5, 5.41) is 8.00. The first-order valence-electron chi connectivity index (χ1n) is 6.70. The molecule has 19 heavy (non-hydrogen) atoms. The maximum absolute atomic E-state index is 3.60. The van der Waals surface area contributed by atoms with E-state index in [9.17, 15) is 0 Å². The van der Waals surface area contributed by atoms with Crippen molar-refractivity contribution in [1.29, 1.82) is 0 Å². The molecule has 1 aromatic carbocycles. The number of hydrogen-bond acceptors (Lipinski definition) is 2. The van der Waals surface area contributed by atoms with Crippen LogP contribution in [0.15, 0.2) is 39.5 Å². The fraction of sp³-hybridized carbons (Fsp3) is 0.375. The summed E-state index contributed by atoms with van der Waals surface area (Å²) in [5.74, 6) is 0. The van der Waals surface area contributed by atoms with Crippen LogP contribution in [0.1, 0.15) is 36.1 Å². The number of nitrogens with one attached hydrogen (secondary N) is 1. The number of hydrogen-bond donors (Lipinski definition) is 1. The molecule has 2 aromatic rings. The standard InChI is InChI=1S/C16H20BrNS/c1-3-18-16(5-4-13-6-7-19-11-13)14-8-12(2)9-15(17)10-14/h6-11,16,18H,3-5H2,1-2H3. The van der Waals surface area contributed by atoms with Crippen molar-refractivity contribution in [2.45, 2.75) is 32.7 Å². The molecule has 0 aliphatic carbocycles. The first-order valence-corrected chi connectivity index (χ1v) is 8.44. The smallest absolute Gasteiger partial charge is 0.0323 e. The zero-order valence-corrected chi connectivity index (χ0v) is 13.9. The van der Waals surface area contributed by atoms with Gasteiger partial charge in [0, 0.05) is 10.5 Å². The normalized spacial score (nSPS) is 12.6. The van der Waals surface area contributed by atoms with Gasteiger partial charge in [-0.05, 0) is 72.0 Å². The first-order chi connectivity index (χ1) is 9.19. The minimum Gasteiger partial charge on any atom is -0.310 e. The van der Waals surface area contributed by atoms with Gasteiger partial charge in [0.05, 0.1) is 0 Å². The summed E-state index contributed by atoms with van der Waals surface area (Å²) in [5.41, 5.74) is 4.13. The highest BCUT2D eigenvalue weighted by Gasteiger charge is 2.11. The minimum atomic E-state index is 0.432. The Morgan fingerprint density at radius 1 is 1.32 bits per heavy atom. The molecule has 1 nitrogen and oxygen atoms in total. The molecular weight excluding hydrogens is 318 g/mol. The summed E-state index contributed by atoms with van der Waals surface area (Å²) in [6, 6.07) is 9.33. The van der Waals surface area contributed by atoms with Crippen LogP contribution in [0.5, 0.6) is 0 Å². The lowest BCUT2D eigenvalue weighted by atomic mass is 9.98. The Labute approximate surface area is 128 Å². The number of aryl methyl sites for hydroxylation is 2. The number of halogens is 1. The third-order valence-corrected chi connectivity index (χ3v) is 4.41. The van der Waals surface area contributed by atoms with E-state index in [2.05, 4.69) is 70.1 Å². The Bertz CT molecular complexity index is 487. The van der Waals surface area contributed by atoms with Crippen molar-refractivity contribution in [2.75, 3.05) is 6.54 Å². The maximum Gasteiger partial charge on any atom is 0.0323 e. The molecule has 1 aromatic heterocycles. The highest BCUT2D eigenvalue weighted by molar-refractivity contribution is 9.10. The number of rotatable bonds is 6. The Morgan fingerprint density at radius 2 is 2.16 bits per heavy atom. The average molecular weight is 338 g/mol. The molecule has 0 saturated carbocycles. The molecule has 0 bridgehead atoms. The van der Waals surface area contributed by atoms with Gasteiger partial charge in [0.1, 0.15) is 0 Å². The lowest BCUT2D eigenvalue weighted by molar-refractivity contribution is 0.515. The van der Waals surface area contributed by atoms with Crippen LogP contribution in [-0.2, 0) is 6.42 Å². The summed E-state index contributed by atoms with van der Waals surface area (Å²) in [4.78, 5) is 0. The van der Waals surface area contributed by atoms with E-state index in [1.165, 1.54) is 21.2 Å². The quantitative estimate of drug-likeness (QED) is 0.772. The maximum atomic E-state index is 3.60. The van der Waals surface area contributed by atoms with Crippen molar-refractivity contribution in [2.24, 2.45) is 0 Å². The van der Waals surface area contributed by atoms with Gasteiger partial charge in [0.25, 0.3) is 0 Å². The average Bonchev–Trinajstić information content (AvgIpc) is 2.86. The summed E-state index contributed by atoms with van der Waals surface area (Å²) in [7, 11) is 0. The van der Waals surface area contributed by atoms with Crippen molar-refractivity contribution in [3.63, 3.8) is 0 Å². The van der Waals surface area contributed by atoms with Gasteiger partial charge in [-0.2, -0.15) is 11.3 Å². The molecule has 1 atom stereocenters. The van der Waals surface area contributed by atoms with Gasteiger partial charge in [0.15, 0.2) is 0 Å². The molecule has 1 unspecified atom stereocenters. The van der Waals surface area contributed by atoms with E-state index >= 15 is 0 Å². The fourth-order valence-corrected chi connectivity index (χ4v) is 3.67. The predicted octanol–water partition coefficient (Wildman–Crippen LogP) is 5.10. The Morgan fingerprint density at radius 3 is 2.79 bits per heavy atom. The summed E-state index contributed by atoms with van der Waals surface area (Å²) in [6.07, 6.45) is 2.27. The van der Waals surface area contributed by atoms with E-state index in [0.29, 0.717) is 6.04 Å². The second-order valence-corrected chi connectivity index (χ2v) is 6.54. The van der Waals surface area contributed by atoms with Crippen LogP contribution in [0.3, 0.4) is 0 Å². The number of benzene rings is 1. The molecule has 2 rings (SSSR count). The van der Waals surface area contributed by atoms with Crippen LogP contribution >= 0.6 is 27.3 Å². The summed E-state index contributed by atoms with van der Waals surface area (Å²) < 4.78 is 1.17. The molecule has 1 heterocycles. The van der Waals surface area contributed by atoms with E-state index in [-0.39, 0.29) is 0 Å². The Balaban J connectivity index is 2.09. The SMILES string of the molecule is CCNC(CCc1ccsc1)c1cc(C)cc(Br)c1. The van der Waals surface area contributed by atoms with Gasteiger partial charge in [0.2, 0.25) is 0 Å². The third kappa shape index (κ3) is 4.44. The molecular formula is C16H20BrNS. The molecule has 0 fully saturated rings. The number of thiophene rings is 1. The second-order valence-electron chi connectivity index (χ2n) is 4.84. The van der Waals surface area contributed by atoms with Crippen molar-refractivity contribution >= 4 is 27.3 Å². The van der Waals surface area contributed by atoms with Crippen molar-refractivity contribution in [3.8, 4) is 0 Å². The fourth-order valence-electron chi connectivity index (χ4n) is 2.34. The molecule has 0 amide bonds. The Hall–Kier alpha value is -0.640. The van der Waals surface area contributed by atoms with Crippen LogP contribution in [0.4, 0.5) is 0 Å². The van der Waals surface area contributed by atoms with Gasteiger partial charge in [-0.25, -0.2) is 0 Å². The van der Waals surface area contributed by atoms with Gasteiger partial charge in [-0.3, -0.25) is 0 Å². The van der Waals surface area contributed by atoms with Crippen molar-refractivity contribution in [1.82, 2.24) is 5.32 Å². The van der Waals surface area contributed by atoms with Crippen LogP contribution in [0, 0.1) is 6.92 Å². The van der Waals surface area contributed by atoms with E-state index in [0.717, 1.165) is 19.4 Å². The molecule has 0 radical (unpaired) electrons. The molecule has 0 spiro atoms. The molecule has 1 N–H and O–H groups in total. The molecule has 0 aliphatic rings. The zero-order valence-electron chi connectivity index (χ0n) is 11.4. The predicted molar refractivity (Wildman–Crippen MR) is 87.9 cm³/mol. The zero-order chi connectivity index (χ0) is 13.7. The topological polar surface area (TPSA) is 12.0 Å². The van der Waals surface area contributed by atoms with Crippen LogP contribution in [-0.4, -0.2) is 6.54 Å². The van der Waals surface area contributed by atoms with Gasteiger partial charge in [-0.1, -0.05) is 28.9 Å². The largest absolute Gasteiger partial charge is 0.310 e. The highest BCUT2D eigenvalue weighted by atomic mass is 79.9. The van der Waals surface area contributed by atoms with E-state index in [4.69, 9.17) is 0 Å².